The van der Waals surface area contributed by atoms with E-state index in [-0.39, 0.29) is 11.5 Å². The first-order chi connectivity index (χ1) is 8.49. The van der Waals surface area contributed by atoms with E-state index in [1.165, 1.54) is 6.07 Å². The molecule has 0 aliphatic carbocycles. The van der Waals surface area contributed by atoms with Crippen molar-refractivity contribution < 1.29 is 10.2 Å². The number of phenolic OH excluding ortho intramolecular Hbond substituents is 2. The molecule has 3 rings (SSSR count). The number of benzene rings is 2. The maximum atomic E-state index is 9.94. The molecule has 6 N–H and O–H groups in total. The van der Waals surface area contributed by atoms with Crippen LogP contribution in [0.2, 0.25) is 0 Å². The Morgan fingerprint density at radius 2 is 1.61 bits per heavy atom. The van der Waals surface area contributed by atoms with Crippen molar-refractivity contribution in [1.82, 2.24) is 4.57 Å². The van der Waals surface area contributed by atoms with Crippen molar-refractivity contribution in [3.05, 3.63) is 24.3 Å². The highest BCUT2D eigenvalue weighted by Crippen LogP contribution is 2.39. The van der Waals surface area contributed by atoms with Crippen LogP contribution in [0.5, 0.6) is 11.5 Å². The minimum Gasteiger partial charge on any atom is -0.508 e. The Kier molecular flexibility index (Phi) is 1.90. The van der Waals surface area contributed by atoms with Crippen molar-refractivity contribution in [2.45, 2.75) is 0 Å². The third-order valence-corrected chi connectivity index (χ3v) is 3.20. The molecule has 0 aliphatic rings. The number of rotatable bonds is 0. The lowest BCUT2D eigenvalue weighted by atomic mass is 10.1. The van der Waals surface area contributed by atoms with Crippen LogP contribution >= 0.6 is 0 Å². The second-order valence-electron chi connectivity index (χ2n) is 4.43. The maximum absolute atomic E-state index is 9.94. The molecule has 1 heterocycles. The Balaban J connectivity index is 2.67. The van der Waals surface area contributed by atoms with Crippen molar-refractivity contribution in [3.8, 4) is 11.5 Å². The lowest BCUT2D eigenvalue weighted by Crippen LogP contribution is -1.95. The number of aryl methyl sites for hydroxylation is 1. The molecule has 0 aliphatic heterocycles. The highest BCUT2D eigenvalue weighted by atomic mass is 16.3. The molecule has 0 unspecified atom stereocenters. The van der Waals surface area contributed by atoms with Crippen LogP contribution in [-0.2, 0) is 7.05 Å². The molecule has 3 aromatic rings. The second kappa shape index (κ2) is 3.22. The number of phenols is 2. The van der Waals surface area contributed by atoms with Gasteiger partial charge < -0.3 is 26.2 Å². The number of hydrogen-bond acceptors (Lipinski definition) is 4. The van der Waals surface area contributed by atoms with E-state index in [2.05, 4.69) is 0 Å². The highest BCUT2D eigenvalue weighted by Gasteiger charge is 2.15. The van der Waals surface area contributed by atoms with E-state index in [0.717, 1.165) is 16.3 Å². The number of nitrogen functional groups attached to an aromatic ring is 2. The molecule has 5 nitrogen and oxygen atoms in total. The van der Waals surface area contributed by atoms with Gasteiger partial charge in [-0.25, -0.2) is 0 Å². The molecule has 0 radical (unpaired) electrons. The fourth-order valence-corrected chi connectivity index (χ4v) is 2.53. The molecule has 0 bridgehead atoms. The molecule has 0 amide bonds. The summed E-state index contributed by atoms with van der Waals surface area (Å²) in [5, 5.41) is 21.1. The third-order valence-electron chi connectivity index (χ3n) is 3.20. The van der Waals surface area contributed by atoms with E-state index >= 15 is 0 Å². The van der Waals surface area contributed by atoms with Gasteiger partial charge in [0, 0.05) is 29.6 Å². The number of nitrogens with two attached hydrogens (primary N) is 2. The molecular weight excluding hydrogens is 230 g/mol. The number of fused-ring (bicyclic) bond motifs is 3. The molecule has 0 fully saturated rings. The molecule has 0 saturated heterocycles. The molecular formula is C13H13N3O2. The molecule has 18 heavy (non-hydrogen) atoms. The molecule has 1 aromatic heterocycles. The van der Waals surface area contributed by atoms with Gasteiger partial charge in [-0.2, -0.15) is 0 Å². The first-order valence-corrected chi connectivity index (χ1v) is 5.48. The van der Waals surface area contributed by atoms with Crippen LogP contribution in [0.15, 0.2) is 24.3 Å². The van der Waals surface area contributed by atoms with Crippen molar-refractivity contribution in [3.63, 3.8) is 0 Å². The van der Waals surface area contributed by atoms with E-state index in [9.17, 15) is 10.2 Å². The van der Waals surface area contributed by atoms with E-state index in [0.29, 0.717) is 16.9 Å². The molecule has 0 saturated carbocycles. The first kappa shape index (κ1) is 10.6. The SMILES string of the molecule is Cn1c2c(N)cc(N)cc2c2cc(O)cc(O)c21. The summed E-state index contributed by atoms with van der Waals surface area (Å²) in [5.41, 5.74) is 14.3. The first-order valence-electron chi connectivity index (χ1n) is 5.48. The summed E-state index contributed by atoms with van der Waals surface area (Å²) >= 11 is 0. The minimum atomic E-state index is 0.00787. The standard InChI is InChI=1S/C13H13N3O2/c1-16-12-8(2-6(14)3-10(12)15)9-4-7(17)5-11(18)13(9)16/h2-5,17-18H,14-15H2,1H3. The van der Waals surface area contributed by atoms with Gasteiger partial charge in [0.25, 0.3) is 0 Å². The third kappa shape index (κ3) is 1.21. The summed E-state index contributed by atoms with van der Waals surface area (Å²) in [5.74, 6) is 0.0233. The topological polar surface area (TPSA) is 97.4 Å². The van der Waals surface area contributed by atoms with Crippen LogP contribution in [0.3, 0.4) is 0 Å². The molecule has 92 valence electrons. The Bertz CT molecular complexity index is 725. The minimum absolute atomic E-state index is 0.00787. The predicted octanol–water partition coefficient (Wildman–Crippen LogP) is 1.91. The van der Waals surface area contributed by atoms with Crippen LogP contribution in [0.1, 0.15) is 0 Å². The van der Waals surface area contributed by atoms with Gasteiger partial charge >= 0.3 is 0 Å². The van der Waals surface area contributed by atoms with Gasteiger partial charge in [-0.15, -0.1) is 0 Å². The quantitative estimate of drug-likeness (QED) is 0.453. The summed E-state index contributed by atoms with van der Waals surface area (Å²) in [6.07, 6.45) is 0. The summed E-state index contributed by atoms with van der Waals surface area (Å²) in [6.45, 7) is 0. The molecule has 0 atom stereocenters. The Morgan fingerprint density at radius 3 is 2.33 bits per heavy atom. The summed E-state index contributed by atoms with van der Waals surface area (Å²) in [6, 6.07) is 6.36. The Morgan fingerprint density at radius 1 is 0.944 bits per heavy atom. The van der Waals surface area contributed by atoms with Crippen molar-refractivity contribution in [2.75, 3.05) is 11.5 Å². The van der Waals surface area contributed by atoms with Gasteiger partial charge in [0.2, 0.25) is 0 Å². The average molecular weight is 243 g/mol. The number of anilines is 2. The van der Waals surface area contributed by atoms with Crippen molar-refractivity contribution >= 4 is 33.2 Å². The van der Waals surface area contributed by atoms with Crippen LogP contribution < -0.4 is 11.5 Å². The maximum Gasteiger partial charge on any atom is 0.143 e. The summed E-state index contributed by atoms with van der Waals surface area (Å²) in [7, 11) is 1.81. The van der Waals surface area contributed by atoms with Crippen molar-refractivity contribution in [1.29, 1.82) is 0 Å². The van der Waals surface area contributed by atoms with E-state index in [1.54, 1.807) is 22.8 Å². The zero-order valence-corrected chi connectivity index (χ0v) is 9.81. The highest BCUT2D eigenvalue weighted by molar-refractivity contribution is 6.14. The second-order valence-corrected chi connectivity index (χ2v) is 4.43. The van der Waals surface area contributed by atoms with Crippen LogP contribution in [0.4, 0.5) is 11.4 Å². The largest absolute Gasteiger partial charge is 0.508 e. The monoisotopic (exact) mass is 243 g/mol. The Labute approximate surface area is 103 Å². The normalized spacial score (nSPS) is 11.4. The number of nitrogens with zero attached hydrogens (tertiary/aromatic N) is 1. The molecule has 5 heteroatoms. The zero-order valence-electron chi connectivity index (χ0n) is 9.81. The van der Waals surface area contributed by atoms with Gasteiger partial charge in [0.05, 0.1) is 16.7 Å². The molecule has 2 aromatic carbocycles. The van der Waals surface area contributed by atoms with Crippen molar-refractivity contribution in [2.24, 2.45) is 7.05 Å². The summed E-state index contributed by atoms with van der Waals surface area (Å²) < 4.78 is 1.80. The van der Waals surface area contributed by atoms with E-state index in [4.69, 9.17) is 11.5 Å². The summed E-state index contributed by atoms with van der Waals surface area (Å²) in [4.78, 5) is 0. The van der Waals surface area contributed by atoms with Gasteiger partial charge in [-0.05, 0) is 18.2 Å². The lowest BCUT2D eigenvalue weighted by Gasteiger charge is -2.03. The smallest absolute Gasteiger partial charge is 0.143 e. The van der Waals surface area contributed by atoms with Gasteiger partial charge in [0.1, 0.15) is 11.5 Å². The zero-order chi connectivity index (χ0) is 13.0. The van der Waals surface area contributed by atoms with Crippen LogP contribution in [-0.4, -0.2) is 14.8 Å². The molecule has 0 spiro atoms. The van der Waals surface area contributed by atoms with E-state index < -0.39 is 0 Å². The predicted molar refractivity (Wildman–Crippen MR) is 72.6 cm³/mol. The van der Waals surface area contributed by atoms with Crippen LogP contribution in [0.25, 0.3) is 21.8 Å². The van der Waals surface area contributed by atoms with E-state index in [1.807, 2.05) is 7.05 Å². The number of aromatic nitrogens is 1. The average Bonchev–Trinajstić information content (AvgIpc) is 2.52. The fourth-order valence-electron chi connectivity index (χ4n) is 2.53. The van der Waals surface area contributed by atoms with Gasteiger partial charge in [0.15, 0.2) is 0 Å². The van der Waals surface area contributed by atoms with Gasteiger partial charge in [-0.1, -0.05) is 0 Å². The Hall–Kier alpha value is -2.56. The number of aromatic hydroxyl groups is 2. The van der Waals surface area contributed by atoms with Gasteiger partial charge in [-0.3, -0.25) is 0 Å². The van der Waals surface area contributed by atoms with Crippen LogP contribution in [0, 0.1) is 0 Å². The lowest BCUT2D eigenvalue weighted by molar-refractivity contribution is 0.454. The fraction of sp³-hybridized carbons (Fsp3) is 0.0769. The number of hydrogen-bond donors (Lipinski definition) is 4.